The number of aromatic nitrogens is 2. The van der Waals surface area contributed by atoms with Gasteiger partial charge in [0.2, 0.25) is 5.88 Å². The molecule has 1 aromatic heterocycles. The lowest BCUT2D eigenvalue weighted by Crippen LogP contribution is -1.97. The Morgan fingerprint density at radius 1 is 1.05 bits per heavy atom. The predicted molar refractivity (Wildman–Crippen MR) is 75.2 cm³/mol. The van der Waals surface area contributed by atoms with Crippen LogP contribution >= 0.6 is 0 Å². The molecule has 5 heteroatoms. The third-order valence-corrected chi connectivity index (χ3v) is 2.86. The highest BCUT2D eigenvalue weighted by Crippen LogP contribution is 2.27. The lowest BCUT2D eigenvalue weighted by molar-refractivity contribution is 0.424. The largest absolute Gasteiger partial charge is 0.434 e. The molecule has 20 heavy (non-hydrogen) atoms. The van der Waals surface area contributed by atoms with Crippen LogP contribution < -0.4 is 10.5 Å². The minimum atomic E-state index is -0.528. The van der Waals surface area contributed by atoms with Gasteiger partial charge in [-0.25, -0.2) is 14.4 Å². The summed E-state index contributed by atoms with van der Waals surface area (Å²) in [5.41, 5.74) is 7.91. The molecule has 0 amide bonds. The van der Waals surface area contributed by atoms with Gasteiger partial charge < -0.3 is 10.5 Å². The molecule has 0 aliphatic rings. The fraction of sp³-hybridized carbons (Fsp3) is 0.0667. The van der Waals surface area contributed by atoms with Crippen molar-refractivity contribution in [3.05, 3.63) is 54.0 Å². The SMILES string of the molecule is Cc1nc2ccccc2nc1Oc1ccc(N)cc1F. The highest BCUT2D eigenvalue weighted by Gasteiger charge is 2.10. The Hall–Kier alpha value is -2.69. The first-order valence-electron chi connectivity index (χ1n) is 6.10. The van der Waals surface area contributed by atoms with E-state index in [4.69, 9.17) is 10.5 Å². The van der Waals surface area contributed by atoms with Crippen LogP contribution in [-0.4, -0.2) is 9.97 Å². The Morgan fingerprint density at radius 2 is 1.75 bits per heavy atom. The minimum absolute atomic E-state index is 0.0758. The fourth-order valence-electron chi connectivity index (χ4n) is 1.87. The van der Waals surface area contributed by atoms with Crippen molar-refractivity contribution >= 4 is 16.7 Å². The smallest absolute Gasteiger partial charge is 0.241 e. The van der Waals surface area contributed by atoms with Gasteiger partial charge in [-0.2, -0.15) is 0 Å². The van der Waals surface area contributed by atoms with E-state index in [9.17, 15) is 4.39 Å². The van der Waals surface area contributed by atoms with E-state index in [0.29, 0.717) is 16.9 Å². The van der Waals surface area contributed by atoms with Crippen LogP contribution in [0.3, 0.4) is 0 Å². The standard InChI is InChI=1S/C15H12FN3O/c1-9-15(19-13-5-3-2-4-12(13)18-9)20-14-7-6-10(17)8-11(14)16/h2-8H,17H2,1H3. The van der Waals surface area contributed by atoms with Crippen molar-refractivity contribution in [1.29, 1.82) is 0 Å². The molecule has 4 nitrogen and oxygen atoms in total. The van der Waals surface area contributed by atoms with Gasteiger partial charge in [0.1, 0.15) is 5.69 Å². The molecule has 2 N–H and O–H groups in total. The van der Waals surface area contributed by atoms with E-state index in [0.717, 1.165) is 5.52 Å². The van der Waals surface area contributed by atoms with Gasteiger partial charge in [0, 0.05) is 11.8 Å². The summed E-state index contributed by atoms with van der Waals surface area (Å²) in [6.07, 6.45) is 0. The molecule has 0 spiro atoms. The van der Waals surface area contributed by atoms with Gasteiger partial charge in [-0.05, 0) is 31.2 Å². The van der Waals surface area contributed by atoms with E-state index >= 15 is 0 Å². The van der Waals surface area contributed by atoms with Gasteiger partial charge in [-0.1, -0.05) is 12.1 Å². The second-order valence-corrected chi connectivity index (χ2v) is 4.39. The maximum Gasteiger partial charge on any atom is 0.241 e. The number of nitrogen functional groups attached to an aromatic ring is 1. The maximum atomic E-state index is 13.7. The molecule has 3 rings (SSSR count). The third kappa shape index (κ3) is 2.25. The Bertz CT molecular complexity index is 789. The van der Waals surface area contributed by atoms with E-state index < -0.39 is 5.82 Å². The minimum Gasteiger partial charge on any atom is -0.434 e. The van der Waals surface area contributed by atoms with Crippen LogP contribution in [0.15, 0.2) is 42.5 Å². The van der Waals surface area contributed by atoms with Crippen molar-refractivity contribution in [2.75, 3.05) is 5.73 Å². The summed E-state index contributed by atoms with van der Waals surface area (Å²) in [6, 6.07) is 11.7. The molecule has 3 aromatic rings. The van der Waals surface area contributed by atoms with E-state index in [1.54, 1.807) is 13.0 Å². The zero-order valence-corrected chi connectivity index (χ0v) is 10.8. The van der Waals surface area contributed by atoms with Crippen molar-refractivity contribution in [1.82, 2.24) is 9.97 Å². The Labute approximate surface area is 115 Å². The molecule has 0 fully saturated rings. The lowest BCUT2D eigenvalue weighted by atomic mass is 10.3. The highest BCUT2D eigenvalue weighted by molar-refractivity contribution is 5.74. The number of fused-ring (bicyclic) bond motifs is 1. The molecular formula is C15H12FN3O. The molecule has 2 aromatic carbocycles. The van der Waals surface area contributed by atoms with Crippen molar-refractivity contribution < 1.29 is 9.13 Å². The van der Waals surface area contributed by atoms with E-state index in [1.807, 2.05) is 24.3 Å². The molecule has 0 unspecified atom stereocenters. The maximum absolute atomic E-state index is 13.7. The van der Waals surface area contributed by atoms with Crippen LogP contribution in [0.25, 0.3) is 11.0 Å². The van der Waals surface area contributed by atoms with Crippen molar-refractivity contribution in [2.24, 2.45) is 0 Å². The zero-order chi connectivity index (χ0) is 14.1. The van der Waals surface area contributed by atoms with Crippen LogP contribution in [-0.2, 0) is 0 Å². The summed E-state index contributed by atoms with van der Waals surface area (Å²) in [7, 11) is 0. The number of nitrogens with zero attached hydrogens (tertiary/aromatic N) is 2. The topological polar surface area (TPSA) is 61.0 Å². The molecule has 0 aliphatic heterocycles. The predicted octanol–water partition coefficient (Wildman–Crippen LogP) is 3.45. The number of halogens is 1. The number of benzene rings is 2. The molecule has 0 aliphatic carbocycles. The number of hydrogen-bond donors (Lipinski definition) is 1. The van der Waals surface area contributed by atoms with E-state index in [1.165, 1.54) is 12.1 Å². The van der Waals surface area contributed by atoms with Crippen LogP contribution in [0.1, 0.15) is 5.69 Å². The number of anilines is 1. The van der Waals surface area contributed by atoms with Gasteiger partial charge in [-0.3, -0.25) is 0 Å². The van der Waals surface area contributed by atoms with Gasteiger partial charge >= 0.3 is 0 Å². The first-order chi connectivity index (χ1) is 9.63. The number of aryl methyl sites for hydroxylation is 1. The molecule has 100 valence electrons. The van der Waals surface area contributed by atoms with Crippen LogP contribution in [0, 0.1) is 12.7 Å². The summed E-state index contributed by atoms with van der Waals surface area (Å²) in [5, 5.41) is 0. The Morgan fingerprint density at radius 3 is 2.45 bits per heavy atom. The second kappa shape index (κ2) is 4.77. The summed E-state index contributed by atoms with van der Waals surface area (Å²) >= 11 is 0. The summed E-state index contributed by atoms with van der Waals surface area (Å²) < 4.78 is 19.2. The van der Waals surface area contributed by atoms with Gasteiger partial charge in [-0.15, -0.1) is 0 Å². The van der Waals surface area contributed by atoms with Crippen LogP contribution in [0.4, 0.5) is 10.1 Å². The molecule has 0 saturated heterocycles. The molecule has 1 heterocycles. The zero-order valence-electron chi connectivity index (χ0n) is 10.8. The molecular weight excluding hydrogens is 257 g/mol. The summed E-state index contributed by atoms with van der Waals surface area (Å²) in [5.74, 6) is -0.168. The van der Waals surface area contributed by atoms with E-state index in [2.05, 4.69) is 9.97 Å². The number of rotatable bonds is 2. The van der Waals surface area contributed by atoms with Gasteiger partial charge in [0.05, 0.1) is 11.0 Å². The number of para-hydroxylation sites is 2. The monoisotopic (exact) mass is 269 g/mol. The average molecular weight is 269 g/mol. The lowest BCUT2D eigenvalue weighted by Gasteiger charge is -2.09. The summed E-state index contributed by atoms with van der Waals surface area (Å²) in [6.45, 7) is 1.77. The number of hydrogen-bond acceptors (Lipinski definition) is 4. The van der Waals surface area contributed by atoms with Crippen molar-refractivity contribution in [3.63, 3.8) is 0 Å². The van der Waals surface area contributed by atoms with Crippen molar-refractivity contribution in [3.8, 4) is 11.6 Å². The fourth-order valence-corrected chi connectivity index (χ4v) is 1.87. The quantitative estimate of drug-likeness (QED) is 0.724. The Balaban J connectivity index is 2.03. The number of ether oxygens (including phenoxy) is 1. The van der Waals surface area contributed by atoms with Gasteiger partial charge in [0.25, 0.3) is 0 Å². The Kier molecular flexibility index (Phi) is 2.95. The summed E-state index contributed by atoms with van der Waals surface area (Å²) in [4.78, 5) is 8.74. The second-order valence-electron chi connectivity index (χ2n) is 4.39. The van der Waals surface area contributed by atoms with Crippen LogP contribution in [0.5, 0.6) is 11.6 Å². The van der Waals surface area contributed by atoms with Crippen molar-refractivity contribution in [2.45, 2.75) is 6.92 Å². The normalized spacial score (nSPS) is 10.7. The molecule has 0 atom stereocenters. The number of nitrogens with two attached hydrogens (primary N) is 1. The highest BCUT2D eigenvalue weighted by atomic mass is 19.1. The van der Waals surface area contributed by atoms with Gasteiger partial charge in [0.15, 0.2) is 11.6 Å². The molecule has 0 radical (unpaired) electrons. The van der Waals surface area contributed by atoms with E-state index in [-0.39, 0.29) is 11.6 Å². The van der Waals surface area contributed by atoms with Crippen LogP contribution in [0.2, 0.25) is 0 Å². The first-order valence-corrected chi connectivity index (χ1v) is 6.10. The third-order valence-electron chi connectivity index (χ3n) is 2.86. The average Bonchev–Trinajstić information content (AvgIpc) is 2.42. The molecule has 0 bridgehead atoms. The molecule has 0 saturated carbocycles. The first kappa shape index (κ1) is 12.3.